The molecule has 2 fully saturated rings. The van der Waals surface area contributed by atoms with Crippen LogP contribution in [0.3, 0.4) is 0 Å². The van der Waals surface area contributed by atoms with Crippen molar-refractivity contribution >= 4 is 11.8 Å². The summed E-state index contributed by atoms with van der Waals surface area (Å²) in [6.07, 6.45) is 7.49. The first kappa shape index (κ1) is 15.6. The van der Waals surface area contributed by atoms with Gasteiger partial charge in [0.2, 0.25) is 0 Å². The molecule has 0 aromatic rings. The predicted octanol–water partition coefficient (Wildman–Crippen LogP) is 2.49. The molecule has 2 aliphatic rings. The molecule has 0 aliphatic carbocycles. The zero-order valence-electron chi connectivity index (χ0n) is 12.4. The molecule has 2 heterocycles. The molecule has 4 heteroatoms. The third-order valence-electron chi connectivity index (χ3n) is 4.60. The average molecular weight is 286 g/mol. The summed E-state index contributed by atoms with van der Waals surface area (Å²) in [5, 5.41) is 0. The maximum Gasteiger partial charge on any atom is 0.0713 e. The van der Waals surface area contributed by atoms with Gasteiger partial charge in [0.15, 0.2) is 0 Å². The van der Waals surface area contributed by atoms with Gasteiger partial charge in [-0.1, -0.05) is 13.3 Å². The van der Waals surface area contributed by atoms with Crippen LogP contribution >= 0.6 is 11.8 Å². The van der Waals surface area contributed by atoms with Crippen molar-refractivity contribution in [2.75, 3.05) is 37.7 Å². The van der Waals surface area contributed by atoms with Crippen molar-refractivity contribution in [3.8, 4) is 0 Å². The van der Waals surface area contributed by atoms with Crippen LogP contribution in [0.5, 0.6) is 0 Å². The summed E-state index contributed by atoms with van der Waals surface area (Å²) in [5.74, 6) is 2.55. The normalized spacial score (nSPS) is 27.0. The maximum absolute atomic E-state index is 6.20. The van der Waals surface area contributed by atoms with Crippen molar-refractivity contribution in [1.82, 2.24) is 4.90 Å². The monoisotopic (exact) mass is 286 g/mol. The summed E-state index contributed by atoms with van der Waals surface area (Å²) >= 11 is 2.08. The van der Waals surface area contributed by atoms with Gasteiger partial charge in [-0.3, -0.25) is 4.90 Å². The van der Waals surface area contributed by atoms with Crippen LogP contribution in [0.4, 0.5) is 0 Å². The number of rotatable bonds is 6. The molecule has 3 nitrogen and oxygen atoms in total. The van der Waals surface area contributed by atoms with Crippen LogP contribution in [0.2, 0.25) is 0 Å². The number of hydrogen-bond donors (Lipinski definition) is 1. The second-order valence-corrected chi connectivity index (χ2v) is 7.19. The molecule has 0 amide bonds. The van der Waals surface area contributed by atoms with Crippen molar-refractivity contribution in [3.63, 3.8) is 0 Å². The first-order valence-electron chi connectivity index (χ1n) is 7.95. The van der Waals surface area contributed by atoms with Gasteiger partial charge < -0.3 is 10.5 Å². The molecule has 2 rings (SSSR count). The highest BCUT2D eigenvalue weighted by Crippen LogP contribution is 2.38. The van der Waals surface area contributed by atoms with Crippen LogP contribution in [0.1, 0.15) is 45.4 Å². The van der Waals surface area contributed by atoms with Crippen LogP contribution < -0.4 is 5.73 Å². The highest BCUT2D eigenvalue weighted by atomic mass is 32.2. The molecule has 1 atom stereocenters. The molecular weight excluding hydrogens is 256 g/mol. The smallest absolute Gasteiger partial charge is 0.0713 e. The van der Waals surface area contributed by atoms with E-state index >= 15 is 0 Å². The SMILES string of the molecule is CCCCN(CCN)C1CCOC2(CCSCC2)C1. The Morgan fingerprint density at radius 2 is 2.11 bits per heavy atom. The number of nitrogens with zero attached hydrogens (tertiary/aromatic N) is 1. The van der Waals surface area contributed by atoms with E-state index < -0.39 is 0 Å². The molecule has 0 radical (unpaired) electrons. The van der Waals surface area contributed by atoms with Crippen LogP contribution in [0.15, 0.2) is 0 Å². The standard InChI is InChI=1S/C15H30N2OS/c1-2-3-8-17(9-7-16)14-4-10-18-15(13-14)5-11-19-12-6-15/h14H,2-13,16H2,1H3. The van der Waals surface area contributed by atoms with Crippen LogP contribution in [-0.2, 0) is 4.74 Å². The average Bonchev–Trinajstić information content (AvgIpc) is 2.44. The second-order valence-electron chi connectivity index (χ2n) is 5.97. The Kier molecular flexibility index (Phi) is 6.46. The lowest BCUT2D eigenvalue weighted by molar-refractivity contribution is -0.110. The molecule has 0 saturated carbocycles. The van der Waals surface area contributed by atoms with Crippen molar-refractivity contribution in [1.29, 1.82) is 0 Å². The quantitative estimate of drug-likeness (QED) is 0.814. The highest BCUT2D eigenvalue weighted by Gasteiger charge is 2.40. The Hall–Kier alpha value is 0.230. The zero-order valence-corrected chi connectivity index (χ0v) is 13.2. The van der Waals surface area contributed by atoms with Gasteiger partial charge >= 0.3 is 0 Å². The minimum absolute atomic E-state index is 0.202. The van der Waals surface area contributed by atoms with E-state index in [4.69, 9.17) is 10.5 Å². The molecule has 2 N–H and O–H groups in total. The minimum atomic E-state index is 0.202. The summed E-state index contributed by atoms with van der Waals surface area (Å²) in [4.78, 5) is 2.63. The van der Waals surface area contributed by atoms with E-state index in [9.17, 15) is 0 Å². The molecule has 2 saturated heterocycles. The lowest BCUT2D eigenvalue weighted by atomic mass is 9.84. The van der Waals surface area contributed by atoms with E-state index in [-0.39, 0.29) is 5.60 Å². The van der Waals surface area contributed by atoms with Crippen LogP contribution in [-0.4, -0.2) is 54.3 Å². The fraction of sp³-hybridized carbons (Fsp3) is 1.00. The van der Waals surface area contributed by atoms with E-state index in [1.807, 2.05) is 0 Å². The van der Waals surface area contributed by atoms with Crippen molar-refractivity contribution in [2.45, 2.75) is 57.1 Å². The minimum Gasteiger partial charge on any atom is -0.375 e. The Balaban J connectivity index is 1.93. The Morgan fingerprint density at radius 3 is 2.79 bits per heavy atom. The zero-order chi connectivity index (χ0) is 13.6. The molecule has 2 aliphatic heterocycles. The Morgan fingerprint density at radius 1 is 1.32 bits per heavy atom. The van der Waals surface area contributed by atoms with E-state index in [0.29, 0.717) is 6.04 Å². The van der Waals surface area contributed by atoms with Gasteiger partial charge in [-0.25, -0.2) is 0 Å². The van der Waals surface area contributed by atoms with E-state index in [1.54, 1.807) is 0 Å². The number of hydrogen-bond acceptors (Lipinski definition) is 4. The fourth-order valence-corrected chi connectivity index (χ4v) is 4.65. The molecule has 112 valence electrons. The van der Waals surface area contributed by atoms with Crippen molar-refractivity contribution < 1.29 is 4.74 Å². The van der Waals surface area contributed by atoms with Crippen molar-refractivity contribution in [3.05, 3.63) is 0 Å². The lowest BCUT2D eigenvalue weighted by Gasteiger charge is -2.46. The summed E-state index contributed by atoms with van der Waals surface area (Å²) in [6.45, 7) is 6.26. The van der Waals surface area contributed by atoms with Gasteiger partial charge in [0.05, 0.1) is 5.60 Å². The van der Waals surface area contributed by atoms with Gasteiger partial charge in [0.25, 0.3) is 0 Å². The van der Waals surface area contributed by atoms with Gasteiger partial charge in [-0.05, 0) is 50.2 Å². The highest BCUT2D eigenvalue weighted by molar-refractivity contribution is 7.99. The fourth-order valence-electron chi connectivity index (χ4n) is 3.41. The Labute approximate surface area is 122 Å². The van der Waals surface area contributed by atoms with Crippen LogP contribution in [0.25, 0.3) is 0 Å². The number of unbranched alkanes of at least 4 members (excludes halogenated alkanes) is 1. The third-order valence-corrected chi connectivity index (χ3v) is 5.59. The summed E-state index contributed by atoms with van der Waals surface area (Å²) in [7, 11) is 0. The number of ether oxygens (including phenoxy) is 1. The molecule has 0 bridgehead atoms. The van der Waals surface area contributed by atoms with Gasteiger partial charge in [0.1, 0.15) is 0 Å². The van der Waals surface area contributed by atoms with Crippen molar-refractivity contribution in [2.24, 2.45) is 5.73 Å². The molecule has 19 heavy (non-hydrogen) atoms. The molecule has 1 spiro atoms. The molecule has 1 unspecified atom stereocenters. The van der Waals surface area contributed by atoms with E-state index in [0.717, 1.165) is 19.7 Å². The first-order chi connectivity index (χ1) is 9.29. The van der Waals surface area contributed by atoms with E-state index in [2.05, 4.69) is 23.6 Å². The summed E-state index contributed by atoms with van der Waals surface area (Å²) in [6, 6.07) is 0.701. The molecular formula is C15H30N2OS. The summed E-state index contributed by atoms with van der Waals surface area (Å²) < 4.78 is 6.20. The van der Waals surface area contributed by atoms with E-state index in [1.165, 1.54) is 56.6 Å². The topological polar surface area (TPSA) is 38.5 Å². The van der Waals surface area contributed by atoms with Crippen LogP contribution in [0, 0.1) is 0 Å². The third kappa shape index (κ3) is 4.35. The number of nitrogens with two attached hydrogens (primary N) is 1. The van der Waals surface area contributed by atoms with Gasteiger partial charge in [-0.15, -0.1) is 0 Å². The maximum atomic E-state index is 6.20. The Bertz CT molecular complexity index is 251. The number of thioether (sulfide) groups is 1. The largest absolute Gasteiger partial charge is 0.375 e. The molecule has 0 aromatic heterocycles. The lowest BCUT2D eigenvalue weighted by Crippen LogP contribution is -2.51. The predicted molar refractivity (Wildman–Crippen MR) is 83.8 cm³/mol. The molecule has 0 aromatic carbocycles. The summed E-state index contributed by atoms with van der Waals surface area (Å²) in [5.41, 5.74) is 6.00. The van der Waals surface area contributed by atoms with Gasteiger partial charge in [0, 0.05) is 25.7 Å². The second kappa shape index (κ2) is 7.87. The van der Waals surface area contributed by atoms with Gasteiger partial charge in [-0.2, -0.15) is 11.8 Å². The first-order valence-corrected chi connectivity index (χ1v) is 9.11.